The van der Waals surface area contributed by atoms with E-state index in [0.717, 1.165) is 70.7 Å². The largest absolute Gasteiger partial charge is 0.491 e. The fraction of sp³-hybridized carbons (Fsp3) is 0.375. The Balaban J connectivity index is 1.17. The standard InChI is InChI=1S/C32H38N6O3/c1-19-5-6-29(20(2)13-19)41-18-24(39)16-34-26-7-10-33-21(3)30(26)31-35-27-14-22-17-38(23-8-11-37(4)12-9-23)32(40)25(22)15-28(27)36-31/h5-7,10,13-15,23-24,33-34,39H,3,8-9,11-12,16-18H2,1-2,4H3,(H,35,36)/t24-/m1/s1. The van der Waals surface area contributed by atoms with Gasteiger partial charge < -0.3 is 35.3 Å². The highest BCUT2D eigenvalue weighted by atomic mass is 16.5. The number of ether oxygens (including phenoxy) is 1. The van der Waals surface area contributed by atoms with Gasteiger partial charge in [0.2, 0.25) is 0 Å². The number of rotatable bonds is 8. The molecule has 9 heteroatoms. The molecule has 0 radical (unpaired) electrons. The number of aliphatic hydroxyl groups excluding tert-OH is 1. The number of carbonyl (C=O) groups excluding carboxylic acids is 1. The van der Waals surface area contributed by atoms with Crippen molar-refractivity contribution in [2.45, 2.75) is 45.4 Å². The fourth-order valence-corrected chi connectivity index (χ4v) is 5.96. The minimum Gasteiger partial charge on any atom is -0.491 e. The molecule has 4 N–H and O–H groups in total. The maximum absolute atomic E-state index is 13.3. The number of imidazole rings is 1. The van der Waals surface area contributed by atoms with Gasteiger partial charge in [-0.05, 0) is 82.2 Å². The van der Waals surface area contributed by atoms with E-state index in [1.807, 2.05) is 43.0 Å². The van der Waals surface area contributed by atoms with E-state index in [1.54, 1.807) is 6.20 Å². The molecule has 3 aliphatic rings. The summed E-state index contributed by atoms with van der Waals surface area (Å²) >= 11 is 0. The first-order valence-corrected chi connectivity index (χ1v) is 14.3. The molecule has 3 aliphatic heterocycles. The van der Waals surface area contributed by atoms with Crippen LogP contribution in [0.25, 0.3) is 16.6 Å². The molecule has 2 aromatic carbocycles. The van der Waals surface area contributed by atoms with Crippen LogP contribution < -0.4 is 15.4 Å². The number of likely N-dealkylation sites (tertiary alicyclic amines) is 1. The molecule has 214 valence electrons. The van der Waals surface area contributed by atoms with Crippen LogP contribution >= 0.6 is 0 Å². The molecule has 0 saturated carbocycles. The second-order valence-corrected chi connectivity index (χ2v) is 11.4. The van der Waals surface area contributed by atoms with Gasteiger partial charge in [0, 0.05) is 42.3 Å². The number of H-pyrrole nitrogens is 1. The average Bonchev–Trinajstić information content (AvgIpc) is 3.50. The van der Waals surface area contributed by atoms with E-state index in [9.17, 15) is 9.90 Å². The number of piperidine rings is 1. The first-order chi connectivity index (χ1) is 19.8. The third-order valence-corrected chi connectivity index (χ3v) is 8.27. The highest BCUT2D eigenvalue weighted by molar-refractivity contribution is 6.02. The Morgan fingerprint density at radius 2 is 2.02 bits per heavy atom. The van der Waals surface area contributed by atoms with Crippen LogP contribution in [0.15, 0.2) is 60.6 Å². The number of aliphatic hydroxyl groups is 1. The Hall–Kier alpha value is -4.08. The maximum atomic E-state index is 13.3. The zero-order valence-electron chi connectivity index (χ0n) is 24.0. The molecule has 1 aromatic heterocycles. The number of hydrogen-bond acceptors (Lipinski definition) is 7. The maximum Gasteiger partial charge on any atom is 0.254 e. The number of aryl methyl sites for hydroxylation is 2. The molecule has 1 atom stereocenters. The highest BCUT2D eigenvalue weighted by Crippen LogP contribution is 2.33. The number of nitrogens with one attached hydrogen (secondary N) is 3. The first kappa shape index (κ1) is 27.1. The summed E-state index contributed by atoms with van der Waals surface area (Å²) in [6.45, 7) is 11.4. The predicted molar refractivity (Wildman–Crippen MR) is 160 cm³/mol. The van der Waals surface area contributed by atoms with Crippen LogP contribution in [-0.2, 0) is 6.54 Å². The van der Waals surface area contributed by atoms with Gasteiger partial charge in [0.15, 0.2) is 0 Å². The molecule has 0 unspecified atom stereocenters. The zero-order chi connectivity index (χ0) is 28.7. The number of fused-ring (bicyclic) bond motifs is 2. The minimum atomic E-state index is -0.724. The highest BCUT2D eigenvalue weighted by Gasteiger charge is 2.34. The van der Waals surface area contributed by atoms with E-state index in [1.165, 1.54) is 5.56 Å². The molecular weight excluding hydrogens is 516 g/mol. The van der Waals surface area contributed by atoms with Crippen molar-refractivity contribution in [3.63, 3.8) is 0 Å². The zero-order valence-corrected chi connectivity index (χ0v) is 24.0. The monoisotopic (exact) mass is 554 g/mol. The summed E-state index contributed by atoms with van der Waals surface area (Å²) in [6, 6.07) is 10.3. The lowest BCUT2D eigenvalue weighted by Gasteiger charge is -2.34. The molecule has 3 aromatic rings. The molecule has 1 amide bonds. The SMILES string of the molecule is C=C1NC=CC(NC[C@@H](O)COc2ccc(C)cc2C)=C1c1nc2cc3c(cc2[nH]1)CN(C1CCN(C)CC1)C3=O. The number of carbonyl (C=O) groups is 1. The van der Waals surface area contributed by atoms with Crippen molar-refractivity contribution in [1.29, 1.82) is 0 Å². The molecule has 0 bridgehead atoms. The smallest absolute Gasteiger partial charge is 0.254 e. The number of dihydropyridines is 1. The van der Waals surface area contributed by atoms with E-state index >= 15 is 0 Å². The Kier molecular flexibility index (Phi) is 7.32. The quantitative estimate of drug-likeness (QED) is 0.337. The second-order valence-electron chi connectivity index (χ2n) is 11.4. The average molecular weight is 555 g/mol. The first-order valence-electron chi connectivity index (χ1n) is 14.3. The molecule has 4 heterocycles. The summed E-state index contributed by atoms with van der Waals surface area (Å²) in [6.07, 6.45) is 5.00. The molecule has 0 aliphatic carbocycles. The molecule has 9 nitrogen and oxygen atoms in total. The normalized spacial score (nSPS) is 18.7. The van der Waals surface area contributed by atoms with Crippen LogP contribution in [0.5, 0.6) is 5.75 Å². The number of aromatic nitrogens is 2. The Morgan fingerprint density at radius 3 is 2.80 bits per heavy atom. The van der Waals surface area contributed by atoms with E-state index < -0.39 is 6.10 Å². The van der Waals surface area contributed by atoms with E-state index in [4.69, 9.17) is 9.72 Å². The van der Waals surface area contributed by atoms with E-state index in [0.29, 0.717) is 18.1 Å². The van der Waals surface area contributed by atoms with Crippen LogP contribution in [0.3, 0.4) is 0 Å². The Bertz CT molecular complexity index is 1560. The lowest BCUT2D eigenvalue weighted by atomic mass is 10.0. The third kappa shape index (κ3) is 5.47. The topological polar surface area (TPSA) is 106 Å². The number of benzene rings is 2. The predicted octanol–water partition coefficient (Wildman–Crippen LogP) is 3.60. The lowest BCUT2D eigenvalue weighted by Crippen LogP contribution is -2.43. The van der Waals surface area contributed by atoms with Gasteiger partial charge in [-0.2, -0.15) is 0 Å². The fourth-order valence-electron chi connectivity index (χ4n) is 5.96. The summed E-state index contributed by atoms with van der Waals surface area (Å²) in [5.41, 5.74) is 7.88. The third-order valence-electron chi connectivity index (χ3n) is 8.27. The molecule has 0 spiro atoms. The summed E-state index contributed by atoms with van der Waals surface area (Å²) in [4.78, 5) is 26.0. The van der Waals surface area contributed by atoms with Crippen molar-refractivity contribution in [2.75, 3.05) is 33.3 Å². The Morgan fingerprint density at radius 1 is 1.22 bits per heavy atom. The molecule has 41 heavy (non-hydrogen) atoms. The van der Waals surface area contributed by atoms with Crippen molar-refractivity contribution in [1.82, 2.24) is 30.4 Å². The van der Waals surface area contributed by atoms with Gasteiger partial charge in [-0.3, -0.25) is 4.79 Å². The van der Waals surface area contributed by atoms with Gasteiger partial charge in [0.1, 0.15) is 24.3 Å². The number of amides is 1. The van der Waals surface area contributed by atoms with Gasteiger partial charge >= 0.3 is 0 Å². The van der Waals surface area contributed by atoms with Crippen molar-refractivity contribution in [3.05, 3.63) is 88.7 Å². The molecule has 1 saturated heterocycles. The number of aromatic amines is 1. The summed E-state index contributed by atoms with van der Waals surface area (Å²) in [5, 5.41) is 17.1. The molecular formula is C32H38N6O3. The van der Waals surface area contributed by atoms with Crippen LogP contribution in [0, 0.1) is 13.8 Å². The van der Waals surface area contributed by atoms with E-state index in [-0.39, 0.29) is 25.1 Å². The van der Waals surface area contributed by atoms with Crippen LogP contribution in [0.4, 0.5) is 0 Å². The van der Waals surface area contributed by atoms with Gasteiger partial charge in [0.05, 0.1) is 16.6 Å². The van der Waals surface area contributed by atoms with Crippen LogP contribution in [-0.4, -0.2) is 76.2 Å². The van der Waals surface area contributed by atoms with Crippen LogP contribution in [0.1, 0.15) is 45.7 Å². The van der Waals surface area contributed by atoms with Gasteiger partial charge in [0.25, 0.3) is 5.91 Å². The lowest BCUT2D eigenvalue weighted by molar-refractivity contribution is 0.0617. The number of allylic oxidation sites excluding steroid dienone is 2. The summed E-state index contributed by atoms with van der Waals surface area (Å²) in [7, 11) is 2.13. The molecule has 1 fully saturated rings. The van der Waals surface area contributed by atoms with Crippen LogP contribution in [0.2, 0.25) is 0 Å². The second kappa shape index (κ2) is 11.1. The van der Waals surface area contributed by atoms with Crippen molar-refractivity contribution < 1.29 is 14.6 Å². The van der Waals surface area contributed by atoms with Crippen molar-refractivity contribution in [2.24, 2.45) is 0 Å². The molecule has 6 rings (SSSR count). The number of hydrogen-bond donors (Lipinski definition) is 4. The number of nitrogens with zero attached hydrogens (tertiary/aromatic N) is 3. The van der Waals surface area contributed by atoms with Gasteiger partial charge in [-0.15, -0.1) is 0 Å². The summed E-state index contributed by atoms with van der Waals surface area (Å²) in [5.74, 6) is 1.52. The van der Waals surface area contributed by atoms with E-state index in [2.05, 4.69) is 46.3 Å². The van der Waals surface area contributed by atoms with Crippen molar-refractivity contribution >= 4 is 22.5 Å². The Labute approximate surface area is 240 Å². The van der Waals surface area contributed by atoms with Gasteiger partial charge in [-0.1, -0.05) is 24.3 Å². The van der Waals surface area contributed by atoms with Gasteiger partial charge in [-0.25, -0.2) is 4.98 Å². The van der Waals surface area contributed by atoms with Crippen molar-refractivity contribution in [3.8, 4) is 5.75 Å². The minimum absolute atomic E-state index is 0.103. The summed E-state index contributed by atoms with van der Waals surface area (Å²) < 4.78 is 5.86.